The maximum atomic E-state index is 12.0. The second-order valence-electron chi connectivity index (χ2n) is 3.93. The smallest absolute Gasteiger partial charge is 0.343 e. The van der Waals surface area contributed by atoms with Crippen LogP contribution in [0.4, 0.5) is 11.4 Å². The first-order chi connectivity index (χ1) is 9.38. The van der Waals surface area contributed by atoms with Crippen molar-refractivity contribution in [1.29, 1.82) is 0 Å². The first-order valence-electron chi connectivity index (χ1n) is 5.40. The highest BCUT2D eigenvalue weighted by molar-refractivity contribution is 6.36. The highest BCUT2D eigenvalue weighted by Gasteiger charge is 2.14. The van der Waals surface area contributed by atoms with E-state index >= 15 is 0 Å². The topological polar surface area (TPSA) is 78.3 Å². The van der Waals surface area contributed by atoms with Gasteiger partial charge in [-0.05, 0) is 30.3 Å². The van der Waals surface area contributed by atoms with Crippen molar-refractivity contribution in [3.63, 3.8) is 0 Å². The lowest BCUT2D eigenvalue weighted by molar-refractivity contribution is 0.0735. The Bertz CT molecular complexity index is 666. The van der Waals surface area contributed by atoms with E-state index in [9.17, 15) is 4.79 Å². The predicted octanol–water partition coefficient (Wildman–Crippen LogP) is 4.03. The number of carbonyl (C=O) groups excluding carboxylic acids is 1. The van der Waals surface area contributed by atoms with Gasteiger partial charge in [0.25, 0.3) is 0 Å². The second kappa shape index (κ2) is 5.79. The first kappa shape index (κ1) is 14.8. The maximum absolute atomic E-state index is 12.0. The molecule has 4 N–H and O–H groups in total. The molecule has 20 heavy (non-hydrogen) atoms. The molecule has 0 saturated carbocycles. The van der Waals surface area contributed by atoms with Crippen LogP contribution in [0.1, 0.15) is 10.4 Å². The van der Waals surface area contributed by atoms with E-state index in [2.05, 4.69) is 0 Å². The molecule has 0 amide bonds. The number of carbonyl (C=O) groups is 1. The number of esters is 1. The third-order valence-electron chi connectivity index (χ3n) is 2.46. The summed E-state index contributed by atoms with van der Waals surface area (Å²) in [6, 6.07) is 7.28. The van der Waals surface area contributed by atoms with Crippen LogP contribution < -0.4 is 16.2 Å². The molecule has 2 aromatic carbocycles. The summed E-state index contributed by atoms with van der Waals surface area (Å²) in [5.74, 6) is -0.461. The van der Waals surface area contributed by atoms with Crippen molar-refractivity contribution < 1.29 is 9.53 Å². The van der Waals surface area contributed by atoms with Gasteiger partial charge in [-0.2, -0.15) is 0 Å². The van der Waals surface area contributed by atoms with Gasteiger partial charge in [-0.15, -0.1) is 0 Å². The minimum atomic E-state index is -0.649. The van der Waals surface area contributed by atoms with Gasteiger partial charge in [0.15, 0.2) is 0 Å². The Labute approximate surface area is 130 Å². The average molecular weight is 332 g/mol. The number of nitrogen functional groups attached to an aromatic ring is 2. The molecule has 2 rings (SSSR count). The molecule has 2 aromatic rings. The highest BCUT2D eigenvalue weighted by Crippen LogP contribution is 2.30. The molecule has 0 fully saturated rings. The Balaban J connectivity index is 2.28. The van der Waals surface area contributed by atoms with E-state index in [4.69, 9.17) is 51.0 Å². The fourth-order valence-corrected chi connectivity index (χ4v) is 2.06. The molecule has 7 heteroatoms. The van der Waals surface area contributed by atoms with Crippen LogP contribution in [0.3, 0.4) is 0 Å². The zero-order valence-electron chi connectivity index (χ0n) is 9.99. The van der Waals surface area contributed by atoms with Crippen molar-refractivity contribution in [2.24, 2.45) is 0 Å². The van der Waals surface area contributed by atoms with Gasteiger partial charge in [0.2, 0.25) is 0 Å². The lowest BCUT2D eigenvalue weighted by Gasteiger charge is -2.09. The Morgan fingerprint density at radius 1 is 1.00 bits per heavy atom. The minimum Gasteiger partial charge on any atom is -0.421 e. The van der Waals surface area contributed by atoms with Crippen LogP contribution in [0.15, 0.2) is 30.3 Å². The second-order valence-corrected chi connectivity index (χ2v) is 5.15. The minimum absolute atomic E-state index is 0.176. The normalized spacial score (nSPS) is 10.3. The van der Waals surface area contributed by atoms with Crippen molar-refractivity contribution in [2.45, 2.75) is 0 Å². The summed E-state index contributed by atoms with van der Waals surface area (Å²) in [6.07, 6.45) is 0. The van der Waals surface area contributed by atoms with E-state index in [-0.39, 0.29) is 32.7 Å². The molecule has 0 saturated heterocycles. The Morgan fingerprint density at radius 2 is 1.60 bits per heavy atom. The van der Waals surface area contributed by atoms with E-state index in [1.54, 1.807) is 6.07 Å². The maximum Gasteiger partial charge on any atom is 0.343 e. The monoisotopic (exact) mass is 330 g/mol. The van der Waals surface area contributed by atoms with Crippen molar-refractivity contribution in [3.05, 3.63) is 51.0 Å². The van der Waals surface area contributed by atoms with Crippen LogP contribution >= 0.6 is 34.8 Å². The lowest BCUT2D eigenvalue weighted by atomic mass is 10.2. The lowest BCUT2D eigenvalue weighted by Crippen LogP contribution is -2.10. The molecule has 104 valence electrons. The van der Waals surface area contributed by atoms with E-state index in [0.717, 1.165) is 0 Å². The summed E-state index contributed by atoms with van der Waals surface area (Å²) in [6.45, 7) is 0. The van der Waals surface area contributed by atoms with Gasteiger partial charge in [0, 0.05) is 5.02 Å². The predicted molar refractivity (Wildman–Crippen MR) is 81.7 cm³/mol. The van der Waals surface area contributed by atoms with Crippen molar-refractivity contribution in [3.8, 4) is 5.75 Å². The summed E-state index contributed by atoms with van der Waals surface area (Å²) < 4.78 is 5.15. The zero-order valence-corrected chi connectivity index (χ0v) is 12.3. The molecule has 0 aromatic heterocycles. The quantitative estimate of drug-likeness (QED) is 0.495. The SMILES string of the molecule is Nc1cc(C(=O)Oc2ccc(Cl)cc2Cl)cc(N)c1Cl. The van der Waals surface area contributed by atoms with Gasteiger partial charge >= 0.3 is 5.97 Å². The van der Waals surface area contributed by atoms with Crippen LogP contribution in [-0.2, 0) is 0 Å². The highest BCUT2D eigenvalue weighted by atomic mass is 35.5. The number of benzene rings is 2. The summed E-state index contributed by atoms with van der Waals surface area (Å²) in [4.78, 5) is 12.0. The van der Waals surface area contributed by atoms with E-state index in [1.807, 2.05) is 0 Å². The van der Waals surface area contributed by atoms with Crippen LogP contribution in [-0.4, -0.2) is 5.97 Å². The molecule has 0 atom stereocenters. The molecule has 0 aliphatic rings. The third kappa shape index (κ3) is 3.10. The van der Waals surface area contributed by atoms with Gasteiger partial charge in [-0.1, -0.05) is 34.8 Å². The number of anilines is 2. The van der Waals surface area contributed by atoms with Crippen molar-refractivity contribution in [2.75, 3.05) is 11.5 Å². The number of halogens is 3. The molecule has 0 heterocycles. The first-order valence-corrected chi connectivity index (χ1v) is 6.53. The van der Waals surface area contributed by atoms with Gasteiger partial charge in [0.1, 0.15) is 5.75 Å². The largest absolute Gasteiger partial charge is 0.421 e. The summed E-state index contributed by atoms with van der Waals surface area (Å²) >= 11 is 17.5. The fourth-order valence-electron chi connectivity index (χ4n) is 1.50. The number of rotatable bonds is 2. The Morgan fingerprint density at radius 3 is 2.15 bits per heavy atom. The number of hydrogen-bond acceptors (Lipinski definition) is 4. The summed E-state index contributed by atoms with van der Waals surface area (Å²) in [7, 11) is 0. The van der Waals surface area contributed by atoms with Crippen LogP contribution in [0.5, 0.6) is 5.75 Å². The van der Waals surface area contributed by atoms with Crippen LogP contribution in [0.2, 0.25) is 15.1 Å². The number of nitrogens with two attached hydrogens (primary N) is 2. The molecule has 0 spiro atoms. The molecule has 0 radical (unpaired) electrons. The molecule has 0 aliphatic carbocycles. The van der Waals surface area contributed by atoms with Gasteiger partial charge in [0.05, 0.1) is 27.0 Å². The van der Waals surface area contributed by atoms with Gasteiger partial charge < -0.3 is 16.2 Å². The number of hydrogen-bond donors (Lipinski definition) is 2. The van der Waals surface area contributed by atoms with E-state index < -0.39 is 5.97 Å². The molecule has 0 unspecified atom stereocenters. The van der Waals surface area contributed by atoms with Crippen LogP contribution in [0.25, 0.3) is 0 Å². The molecule has 0 bridgehead atoms. The fraction of sp³-hybridized carbons (Fsp3) is 0. The van der Waals surface area contributed by atoms with Gasteiger partial charge in [-0.3, -0.25) is 0 Å². The third-order valence-corrected chi connectivity index (χ3v) is 3.43. The number of ether oxygens (including phenoxy) is 1. The van der Waals surface area contributed by atoms with Crippen LogP contribution in [0, 0.1) is 0 Å². The summed E-state index contributed by atoms with van der Waals surface area (Å²) in [5, 5.41) is 0.863. The van der Waals surface area contributed by atoms with Gasteiger partial charge in [-0.25, -0.2) is 4.79 Å². The van der Waals surface area contributed by atoms with Crippen molar-refractivity contribution >= 4 is 52.1 Å². The van der Waals surface area contributed by atoms with E-state index in [0.29, 0.717) is 5.02 Å². The molecular formula is C13H9Cl3N2O2. The molecule has 4 nitrogen and oxygen atoms in total. The average Bonchev–Trinajstić information content (AvgIpc) is 2.38. The van der Waals surface area contributed by atoms with Crippen molar-refractivity contribution in [1.82, 2.24) is 0 Å². The molecule has 0 aliphatic heterocycles. The molecular weight excluding hydrogens is 323 g/mol. The standard InChI is InChI=1S/C13H9Cl3N2O2/c14-7-1-2-11(8(15)5-7)20-13(19)6-3-9(17)12(16)10(18)4-6/h1-5H,17-18H2. The Hall–Kier alpha value is -1.62. The summed E-state index contributed by atoms with van der Waals surface area (Å²) in [5.41, 5.74) is 11.8. The van der Waals surface area contributed by atoms with E-state index in [1.165, 1.54) is 24.3 Å². The Kier molecular flexibility index (Phi) is 4.28. The zero-order chi connectivity index (χ0) is 14.9.